The molecule has 1 fully saturated rings. The molecule has 1 amide bonds. The smallest absolute Gasteiger partial charge is 0.345 e. The average molecular weight is 328 g/mol. The van der Waals surface area contributed by atoms with Crippen LogP contribution in [-0.4, -0.2) is 32.2 Å². The number of aryl methyl sites for hydroxylation is 2. The van der Waals surface area contributed by atoms with E-state index in [1.165, 1.54) is 4.68 Å². The van der Waals surface area contributed by atoms with Crippen molar-refractivity contribution in [3.05, 3.63) is 16.3 Å². The van der Waals surface area contributed by atoms with Crippen molar-refractivity contribution in [2.24, 2.45) is 5.92 Å². The predicted octanol–water partition coefficient (Wildman–Crippen LogP) is 1.32. The lowest BCUT2D eigenvalue weighted by Crippen LogP contribution is -2.48. The van der Waals surface area contributed by atoms with Gasteiger partial charge in [0.2, 0.25) is 11.8 Å². The molecule has 1 aliphatic heterocycles. The highest BCUT2D eigenvalue weighted by molar-refractivity contribution is 5.80. The number of nitrogens with zero attached hydrogens (tertiary/aromatic N) is 3. The van der Waals surface area contributed by atoms with Gasteiger partial charge >= 0.3 is 5.69 Å². The van der Waals surface area contributed by atoms with Crippen LogP contribution in [0.5, 0.6) is 0 Å². The Morgan fingerprint density at radius 1 is 1.39 bits per heavy atom. The summed E-state index contributed by atoms with van der Waals surface area (Å²) in [5.74, 6) is -2.80. The maximum atomic E-state index is 12.8. The molecule has 3 rings (SSSR count). The van der Waals surface area contributed by atoms with Crippen molar-refractivity contribution >= 4 is 5.91 Å². The van der Waals surface area contributed by atoms with Gasteiger partial charge in [0, 0.05) is 44.3 Å². The van der Waals surface area contributed by atoms with E-state index in [9.17, 15) is 18.4 Å². The Morgan fingerprint density at radius 3 is 2.78 bits per heavy atom. The Hall–Kier alpha value is -1.73. The number of aromatic nitrogens is 3. The summed E-state index contributed by atoms with van der Waals surface area (Å²) in [6.07, 6.45) is 2.06. The van der Waals surface area contributed by atoms with Crippen LogP contribution >= 0.6 is 0 Å². The van der Waals surface area contributed by atoms with Gasteiger partial charge in [-0.1, -0.05) is 6.92 Å². The molecule has 0 radical (unpaired) electrons. The molecular weight excluding hydrogens is 306 g/mol. The van der Waals surface area contributed by atoms with Gasteiger partial charge in [0.25, 0.3) is 0 Å². The van der Waals surface area contributed by atoms with Crippen LogP contribution in [0.15, 0.2) is 4.79 Å². The average Bonchev–Trinajstić information content (AvgIpc) is 2.64. The van der Waals surface area contributed by atoms with Crippen LogP contribution < -0.4 is 11.0 Å². The van der Waals surface area contributed by atoms with Gasteiger partial charge in [-0.05, 0) is 19.3 Å². The van der Waals surface area contributed by atoms with E-state index in [0.717, 1.165) is 12.2 Å². The molecule has 0 aromatic carbocycles. The van der Waals surface area contributed by atoms with E-state index in [4.69, 9.17) is 0 Å². The first-order valence-electron chi connectivity index (χ1n) is 8.24. The van der Waals surface area contributed by atoms with Crippen LogP contribution in [0.3, 0.4) is 0 Å². The molecule has 6 nitrogen and oxygen atoms in total. The summed E-state index contributed by atoms with van der Waals surface area (Å²) in [5, 5.41) is 7.21. The van der Waals surface area contributed by atoms with Crippen molar-refractivity contribution < 1.29 is 13.6 Å². The van der Waals surface area contributed by atoms with Crippen LogP contribution in [-0.2, 0) is 24.3 Å². The highest BCUT2D eigenvalue weighted by atomic mass is 19.3. The predicted molar refractivity (Wildman–Crippen MR) is 79.3 cm³/mol. The fraction of sp³-hybridized carbons (Fsp3) is 0.800. The molecule has 128 valence electrons. The van der Waals surface area contributed by atoms with Crippen molar-refractivity contribution in [1.29, 1.82) is 0 Å². The van der Waals surface area contributed by atoms with Crippen molar-refractivity contribution in [3.8, 4) is 0 Å². The van der Waals surface area contributed by atoms with E-state index in [1.54, 1.807) is 4.57 Å². The van der Waals surface area contributed by atoms with Crippen LogP contribution in [0.2, 0.25) is 0 Å². The maximum absolute atomic E-state index is 12.8. The van der Waals surface area contributed by atoms with Gasteiger partial charge in [0.1, 0.15) is 5.82 Å². The van der Waals surface area contributed by atoms with Crippen molar-refractivity contribution in [1.82, 2.24) is 19.7 Å². The first-order valence-corrected chi connectivity index (χ1v) is 8.24. The number of hydrogen-bond acceptors (Lipinski definition) is 3. The molecule has 0 saturated heterocycles. The van der Waals surface area contributed by atoms with E-state index in [0.29, 0.717) is 32.4 Å². The Bertz CT molecular complexity index is 644. The van der Waals surface area contributed by atoms with Gasteiger partial charge < -0.3 is 5.32 Å². The van der Waals surface area contributed by atoms with Crippen molar-refractivity contribution in [2.75, 3.05) is 0 Å². The summed E-state index contributed by atoms with van der Waals surface area (Å²) in [4.78, 5) is 24.2. The van der Waals surface area contributed by atoms with Gasteiger partial charge in [-0.2, -0.15) is 5.10 Å². The Balaban J connectivity index is 1.58. The number of halogens is 2. The molecule has 0 bridgehead atoms. The van der Waals surface area contributed by atoms with Crippen LogP contribution in [0.1, 0.15) is 44.9 Å². The minimum Gasteiger partial charge on any atom is -0.353 e. The van der Waals surface area contributed by atoms with E-state index in [-0.39, 0.29) is 30.5 Å². The molecule has 1 saturated carbocycles. The number of carbonyl (C=O) groups is 1. The van der Waals surface area contributed by atoms with Crippen LogP contribution in [0.25, 0.3) is 0 Å². The van der Waals surface area contributed by atoms with E-state index in [2.05, 4.69) is 10.4 Å². The van der Waals surface area contributed by atoms with Gasteiger partial charge in [0.15, 0.2) is 0 Å². The second-order valence-electron chi connectivity index (χ2n) is 6.57. The molecule has 1 aliphatic carbocycles. The van der Waals surface area contributed by atoms with E-state index >= 15 is 0 Å². The van der Waals surface area contributed by atoms with Crippen molar-refractivity contribution in [2.45, 2.75) is 70.5 Å². The van der Waals surface area contributed by atoms with Crippen molar-refractivity contribution in [3.63, 3.8) is 0 Å². The summed E-state index contributed by atoms with van der Waals surface area (Å²) >= 11 is 0. The monoisotopic (exact) mass is 328 g/mol. The summed E-state index contributed by atoms with van der Waals surface area (Å²) < 4.78 is 28.8. The molecule has 1 N–H and O–H groups in total. The standard InChI is InChI=1S/C15H22F2N4O2/c1-2-6-21-14(23)20-7-5-11(3-4-12(20)19-21)18-13(22)10-8-15(16,17)9-10/h10-11H,2-9H2,1H3,(H,18,22). The molecule has 1 aromatic heterocycles. The normalized spacial score (nSPS) is 23.7. The second-order valence-corrected chi connectivity index (χ2v) is 6.57. The first kappa shape index (κ1) is 16.1. The number of nitrogens with one attached hydrogen (secondary N) is 1. The molecule has 8 heteroatoms. The van der Waals surface area contributed by atoms with Gasteiger partial charge in [-0.15, -0.1) is 0 Å². The van der Waals surface area contributed by atoms with Crippen LogP contribution in [0, 0.1) is 5.92 Å². The molecule has 2 aliphatic rings. The van der Waals surface area contributed by atoms with E-state index < -0.39 is 11.8 Å². The Labute approximate surface area is 132 Å². The lowest BCUT2D eigenvalue weighted by Gasteiger charge is -2.34. The molecule has 1 aromatic rings. The molecule has 1 atom stereocenters. The Kier molecular flexibility index (Phi) is 4.25. The highest BCUT2D eigenvalue weighted by Crippen LogP contribution is 2.42. The zero-order valence-corrected chi connectivity index (χ0v) is 13.2. The van der Waals surface area contributed by atoms with Gasteiger partial charge in [-0.3, -0.25) is 9.36 Å². The molecule has 23 heavy (non-hydrogen) atoms. The third-order valence-electron chi connectivity index (χ3n) is 4.66. The lowest BCUT2D eigenvalue weighted by molar-refractivity contribution is -0.150. The number of alkyl halides is 2. The zero-order valence-electron chi connectivity index (χ0n) is 13.2. The topological polar surface area (TPSA) is 68.9 Å². The number of rotatable bonds is 4. The summed E-state index contributed by atoms with van der Waals surface area (Å²) in [6, 6.07) is -0.0857. The Morgan fingerprint density at radius 2 is 2.13 bits per heavy atom. The SMILES string of the molecule is CCCn1nc2n(c1=O)CCC(NC(=O)C1CC(F)(F)C1)CC2. The quantitative estimate of drug-likeness (QED) is 0.906. The summed E-state index contributed by atoms with van der Waals surface area (Å²) in [5.41, 5.74) is -0.104. The van der Waals surface area contributed by atoms with Crippen LogP contribution in [0.4, 0.5) is 8.78 Å². The fourth-order valence-corrected chi connectivity index (χ4v) is 3.30. The number of carbonyl (C=O) groups excluding carboxylic acids is 1. The lowest BCUT2D eigenvalue weighted by atomic mass is 9.80. The summed E-state index contributed by atoms with van der Waals surface area (Å²) in [7, 11) is 0. The zero-order chi connectivity index (χ0) is 16.6. The second kappa shape index (κ2) is 6.05. The number of hydrogen-bond donors (Lipinski definition) is 1. The minimum atomic E-state index is -2.68. The van der Waals surface area contributed by atoms with Gasteiger partial charge in [-0.25, -0.2) is 18.3 Å². The molecule has 2 heterocycles. The minimum absolute atomic E-state index is 0.0857. The fourth-order valence-electron chi connectivity index (χ4n) is 3.30. The van der Waals surface area contributed by atoms with E-state index in [1.807, 2.05) is 6.92 Å². The molecule has 1 unspecified atom stereocenters. The summed E-state index contributed by atoms with van der Waals surface area (Å²) in [6.45, 7) is 3.10. The maximum Gasteiger partial charge on any atom is 0.345 e. The number of amides is 1. The third kappa shape index (κ3) is 3.30. The first-order chi connectivity index (χ1) is 10.9. The highest BCUT2D eigenvalue weighted by Gasteiger charge is 2.48. The molecular formula is C15H22F2N4O2. The third-order valence-corrected chi connectivity index (χ3v) is 4.66. The van der Waals surface area contributed by atoms with Gasteiger partial charge in [0.05, 0.1) is 0 Å². The molecule has 0 spiro atoms. The largest absolute Gasteiger partial charge is 0.353 e. The number of fused-ring (bicyclic) bond motifs is 1.